The molecule has 2 aliphatic heterocycles. The highest BCUT2D eigenvalue weighted by Crippen LogP contribution is 2.43. The molecule has 1 aromatic heterocycles. The highest BCUT2D eigenvalue weighted by atomic mass is 35.5. The van der Waals surface area contributed by atoms with Gasteiger partial charge in [0.15, 0.2) is 0 Å². The number of halogens is 2. The molecule has 3 heterocycles. The summed E-state index contributed by atoms with van der Waals surface area (Å²) in [6, 6.07) is 12.8. The van der Waals surface area contributed by atoms with Crippen LogP contribution in [0.25, 0.3) is 5.76 Å². The monoisotopic (exact) mass is 509 g/mol. The second-order valence-electron chi connectivity index (χ2n) is 8.41. The number of carbonyl (C=O) groups is 2. The largest absolute Gasteiger partial charge is 0.507 e. The van der Waals surface area contributed by atoms with Gasteiger partial charge in [0.1, 0.15) is 18.1 Å². The number of likely N-dealkylation sites (tertiary alicyclic amines) is 1. The Kier molecular flexibility index (Phi) is 6.13. The van der Waals surface area contributed by atoms with Gasteiger partial charge < -0.3 is 19.6 Å². The van der Waals surface area contributed by atoms with Crippen LogP contribution >= 0.6 is 23.2 Å². The van der Waals surface area contributed by atoms with E-state index in [1.807, 2.05) is 11.9 Å². The molecule has 5 rings (SSSR count). The molecule has 2 aliphatic rings. The number of Topliss-reactive ketones (excluding diaryl/α,β-unsaturated/α-hetero) is 1. The topological polar surface area (TPSA) is 83.0 Å². The van der Waals surface area contributed by atoms with Gasteiger partial charge in [0.05, 0.1) is 33.9 Å². The molecule has 1 amide bonds. The van der Waals surface area contributed by atoms with Crippen molar-refractivity contribution < 1.29 is 19.4 Å². The number of hydrogen-bond acceptors (Lipinski definition) is 6. The average Bonchev–Trinajstić information content (AvgIpc) is 3.11. The molecule has 9 heteroatoms. The molecule has 0 spiro atoms. The Morgan fingerprint density at radius 2 is 1.86 bits per heavy atom. The molecule has 1 unspecified atom stereocenters. The third kappa shape index (κ3) is 4.22. The van der Waals surface area contributed by atoms with E-state index >= 15 is 0 Å². The Morgan fingerprint density at radius 3 is 2.60 bits per heavy atom. The SMILES string of the molecule is CN1CCOc2ccc(/C(O)=C3/C(=O)C(=O)N(Cc4ccncc4)C3c3ccc(Cl)c(Cl)c3)cc21. The molecule has 1 fully saturated rings. The summed E-state index contributed by atoms with van der Waals surface area (Å²) in [5.74, 6) is -1.05. The van der Waals surface area contributed by atoms with Crippen LogP contribution in [0.1, 0.15) is 22.7 Å². The maximum Gasteiger partial charge on any atom is 0.295 e. The number of aliphatic hydroxyl groups excluding tert-OH is 1. The summed E-state index contributed by atoms with van der Waals surface area (Å²) >= 11 is 12.4. The second-order valence-corrected chi connectivity index (χ2v) is 9.22. The van der Waals surface area contributed by atoms with Gasteiger partial charge in [0, 0.05) is 31.5 Å². The zero-order chi connectivity index (χ0) is 24.7. The summed E-state index contributed by atoms with van der Waals surface area (Å²) in [5.41, 5.74) is 2.54. The number of fused-ring (bicyclic) bond motifs is 1. The van der Waals surface area contributed by atoms with Gasteiger partial charge in [-0.3, -0.25) is 14.6 Å². The van der Waals surface area contributed by atoms with Crippen LogP contribution in [0, 0.1) is 0 Å². The Labute approximate surface area is 212 Å². The fourth-order valence-electron chi connectivity index (χ4n) is 4.41. The molecular formula is C26H21Cl2N3O4. The van der Waals surface area contributed by atoms with E-state index in [2.05, 4.69) is 4.98 Å². The van der Waals surface area contributed by atoms with Crippen LogP contribution in [-0.4, -0.2) is 46.9 Å². The van der Waals surface area contributed by atoms with Crippen molar-refractivity contribution in [3.05, 3.63) is 93.2 Å². The third-order valence-electron chi connectivity index (χ3n) is 6.23. The predicted octanol–water partition coefficient (Wildman–Crippen LogP) is 4.84. The maximum absolute atomic E-state index is 13.3. The van der Waals surface area contributed by atoms with Crippen LogP contribution < -0.4 is 9.64 Å². The zero-order valence-electron chi connectivity index (χ0n) is 18.7. The first-order chi connectivity index (χ1) is 16.8. The molecule has 7 nitrogen and oxygen atoms in total. The molecular weight excluding hydrogens is 489 g/mol. The number of aromatic nitrogens is 1. The van der Waals surface area contributed by atoms with Crippen LogP contribution in [0.2, 0.25) is 10.0 Å². The summed E-state index contributed by atoms with van der Waals surface area (Å²) in [4.78, 5) is 33.9. The highest BCUT2D eigenvalue weighted by molar-refractivity contribution is 6.46. The lowest BCUT2D eigenvalue weighted by Crippen LogP contribution is -2.29. The number of pyridine rings is 1. The first-order valence-electron chi connectivity index (χ1n) is 11.0. The van der Waals surface area contributed by atoms with E-state index in [4.69, 9.17) is 27.9 Å². The van der Waals surface area contributed by atoms with Gasteiger partial charge in [-0.05, 0) is 53.6 Å². The Balaban J connectivity index is 1.66. The molecule has 0 radical (unpaired) electrons. The number of rotatable bonds is 4. The van der Waals surface area contributed by atoms with Crippen LogP contribution in [0.4, 0.5) is 5.69 Å². The van der Waals surface area contributed by atoms with Gasteiger partial charge in [-0.1, -0.05) is 29.3 Å². The van der Waals surface area contributed by atoms with E-state index in [0.29, 0.717) is 35.1 Å². The molecule has 35 heavy (non-hydrogen) atoms. The Morgan fingerprint density at radius 1 is 1.09 bits per heavy atom. The van der Waals surface area contributed by atoms with E-state index in [-0.39, 0.29) is 22.9 Å². The summed E-state index contributed by atoms with van der Waals surface area (Å²) < 4.78 is 5.69. The number of amides is 1. The van der Waals surface area contributed by atoms with Gasteiger partial charge in [-0.2, -0.15) is 0 Å². The van der Waals surface area contributed by atoms with E-state index in [9.17, 15) is 14.7 Å². The number of aliphatic hydroxyl groups is 1. The van der Waals surface area contributed by atoms with Gasteiger partial charge in [0.25, 0.3) is 11.7 Å². The number of likely N-dealkylation sites (N-methyl/N-ethyl adjacent to an activating group) is 1. The predicted molar refractivity (Wildman–Crippen MR) is 134 cm³/mol. The van der Waals surface area contributed by atoms with E-state index in [0.717, 1.165) is 11.3 Å². The van der Waals surface area contributed by atoms with Crippen molar-refractivity contribution in [3.63, 3.8) is 0 Å². The van der Waals surface area contributed by atoms with E-state index < -0.39 is 17.7 Å². The minimum absolute atomic E-state index is 0.0122. The van der Waals surface area contributed by atoms with E-state index in [1.165, 1.54) is 4.90 Å². The van der Waals surface area contributed by atoms with Crippen molar-refractivity contribution >= 4 is 46.3 Å². The first-order valence-corrected chi connectivity index (χ1v) is 11.7. The molecule has 2 aromatic carbocycles. The summed E-state index contributed by atoms with van der Waals surface area (Å²) in [5, 5.41) is 12.0. The van der Waals surface area contributed by atoms with Gasteiger partial charge >= 0.3 is 0 Å². The minimum atomic E-state index is -0.858. The molecule has 178 valence electrons. The number of benzene rings is 2. The van der Waals surface area contributed by atoms with Gasteiger partial charge in [-0.15, -0.1) is 0 Å². The van der Waals surface area contributed by atoms with Crippen LogP contribution in [0.15, 0.2) is 66.5 Å². The number of carbonyl (C=O) groups excluding carboxylic acids is 2. The standard InChI is InChI=1S/C26H21Cl2N3O4/c1-30-10-11-35-21-5-3-17(13-20(21)30)24(32)22-23(16-2-4-18(27)19(28)12-16)31(26(34)25(22)33)14-15-6-8-29-9-7-15/h2-9,12-13,23,32H,10-11,14H2,1H3/b24-22-. The minimum Gasteiger partial charge on any atom is -0.507 e. The van der Waals surface area contributed by atoms with Gasteiger partial charge in [-0.25, -0.2) is 0 Å². The number of hydrogen-bond donors (Lipinski definition) is 1. The molecule has 0 aliphatic carbocycles. The number of nitrogens with zero attached hydrogens (tertiary/aromatic N) is 3. The highest BCUT2D eigenvalue weighted by Gasteiger charge is 2.46. The van der Waals surface area contributed by atoms with Crippen molar-refractivity contribution in [3.8, 4) is 5.75 Å². The zero-order valence-corrected chi connectivity index (χ0v) is 20.3. The van der Waals surface area contributed by atoms with Crippen molar-refractivity contribution in [2.45, 2.75) is 12.6 Å². The number of ketones is 1. The molecule has 0 bridgehead atoms. The maximum atomic E-state index is 13.3. The normalized spacial score (nSPS) is 19.0. The summed E-state index contributed by atoms with van der Waals surface area (Å²) in [6.07, 6.45) is 3.23. The van der Waals surface area contributed by atoms with Crippen LogP contribution in [-0.2, 0) is 16.1 Å². The molecule has 1 N–H and O–H groups in total. The summed E-state index contributed by atoms with van der Waals surface area (Å²) in [6.45, 7) is 1.40. The third-order valence-corrected chi connectivity index (χ3v) is 6.97. The van der Waals surface area contributed by atoms with Gasteiger partial charge in [0.2, 0.25) is 0 Å². The molecule has 3 aromatic rings. The van der Waals surface area contributed by atoms with Crippen LogP contribution in [0.3, 0.4) is 0 Å². The average molecular weight is 510 g/mol. The molecule has 1 atom stereocenters. The second kappa shape index (κ2) is 9.24. The van der Waals surface area contributed by atoms with Crippen molar-refractivity contribution in [2.24, 2.45) is 0 Å². The van der Waals surface area contributed by atoms with Crippen molar-refractivity contribution in [1.29, 1.82) is 0 Å². The fourth-order valence-corrected chi connectivity index (χ4v) is 4.72. The van der Waals surface area contributed by atoms with E-state index in [1.54, 1.807) is 60.9 Å². The lowest BCUT2D eigenvalue weighted by molar-refractivity contribution is -0.140. The molecule has 1 saturated heterocycles. The number of ether oxygens (including phenoxy) is 1. The van der Waals surface area contributed by atoms with Crippen molar-refractivity contribution in [1.82, 2.24) is 9.88 Å². The van der Waals surface area contributed by atoms with Crippen LogP contribution in [0.5, 0.6) is 5.75 Å². The number of anilines is 1. The fraction of sp³-hybridized carbons (Fsp3) is 0.192. The lowest BCUT2D eigenvalue weighted by atomic mass is 9.95. The Hall–Kier alpha value is -3.55. The lowest BCUT2D eigenvalue weighted by Gasteiger charge is -2.28. The quantitative estimate of drug-likeness (QED) is 0.307. The molecule has 0 saturated carbocycles. The summed E-state index contributed by atoms with van der Waals surface area (Å²) in [7, 11) is 1.93. The Bertz CT molecular complexity index is 1360. The first kappa shape index (κ1) is 23.2. The smallest absolute Gasteiger partial charge is 0.295 e. The van der Waals surface area contributed by atoms with Crippen molar-refractivity contribution in [2.75, 3.05) is 25.1 Å².